The van der Waals surface area contributed by atoms with E-state index in [0.29, 0.717) is 0 Å². The van der Waals surface area contributed by atoms with Gasteiger partial charge in [-0.25, -0.2) is 0 Å². The number of alkyl halides is 12. The zero-order chi connectivity index (χ0) is 30.9. The van der Waals surface area contributed by atoms with Crippen molar-refractivity contribution in [3.8, 4) is 0 Å². The molecule has 2 atom stereocenters. The van der Waals surface area contributed by atoms with Crippen LogP contribution in [0.5, 0.6) is 0 Å². The first-order valence-corrected chi connectivity index (χ1v) is 12.3. The van der Waals surface area contributed by atoms with Gasteiger partial charge in [-0.3, -0.25) is 9.00 Å². The van der Waals surface area contributed by atoms with Crippen molar-refractivity contribution in [1.29, 1.82) is 0 Å². The van der Waals surface area contributed by atoms with Gasteiger partial charge in [-0.1, -0.05) is 6.07 Å². The fourth-order valence-corrected chi connectivity index (χ4v) is 3.79. The zero-order valence-corrected chi connectivity index (χ0v) is 20.6. The summed E-state index contributed by atoms with van der Waals surface area (Å²) in [6.07, 6.45) is -21.0. The molecule has 18 heteroatoms. The van der Waals surface area contributed by atoms with Crippen molar-refractivity contribution in [2.45, 2.75) is 36.9 Å². The number of rotatable bonds is 8. The Kier molecular flexibility index (Phi) is 9.51. The van der Waals surface area contributed by atoms with Gasteiger partial charge in [-0.05, 0) is 41.5 Å². The normalized spacial score (nSPS) is 15.3. The summed E-state index contributed by atoms with van der Waals surface area (Å²) < 4.78 is 172. The van der Waals surface area contributed by atoms with E-state index in [-0.39, 0.29) is 18.2 Å². The molecule has 0 aliphatic carbocycles. The van der Waals surface area contributed by atoms with Crippen LogP contribution in [0, 0.1) is 0 Å². The summed E-state index contributed by atoms with van der Waals surface area (Å²) in [5.74, 6) is -1.39. The van der Waals surface area contributed by atoms with Crippen molar-refractivity contribution in [2.75, 3.05) is 23.9 Å². The summed E-state index contributed by atoms with van der Waals surface area (Å²) in [5.41, 5.74) is -13.4. The van der Waals surface area contributed by atoms with E-state index in [4.69, 9.17) is 0 Å². The van der Waals surface area contributed by atoms with Crippen molar-refractivity contribution in [1.82, 2.24) is 5.32 Å². The number of carbonyl (C=O) groups is 1. The van der Waals surface area contributed by atoms with E-state index >= 15 is 0 Å². The number of halogens is 12. The van der Waals surface area contributed by atoms with Gasteiger partial charge in [0.25, 0.3) is 0 Å². The first-order valence-electron chi connectivity index (χ1n) is 10.5. The van der Waals surface area contributed by atoms with Gasteiger partial charge in [0.2, 0.25) is 11.5 Å². The summed E-state index contributed by atoms with van der Waals surface area (Å²) in [4.78, 5) is 11.6. The van der Waals surface area contributed by atoms with E-state index in [1.165, 1.54) is 0 Å². The minimum atomic E-state index is -5.90. The Labute approximate surface area is 220 Å². The molecule has 0 radical (unpaired) electrons. The van der Waals surface area contributed by atoms with E-state index < -0.39 is 105 Å². The van der Waals surface area contributed by atoms with Crippen LogP contribution in [0.15, 0.2) is 36.4 Å². The largest absolute Gasteiger partial charge is 0.423 e. The van der Waals surface area contributed by atoms with Gasteiger partial charge in [0.05, 0.1) is 23.2 Å². The van der Waals surface area contributed by atoms with E-state index in [1.54, 1.807) is 5.32 Å². The highest BCUT2D eigenvalue weighted by molar-refractivity contribution is 7.85. The maximum Gasteiger partial charge on any atom is 0.423 e. The molecule has 2 aromatic carbocycles. The van der Waals surface area contributed by atoms with E-state index in [0.717, 1.165) is 18.4 Å². The molecule has 3 N–H and O–H groups in total. The average molecular weight is 618 g/mol. The topological polar surface area (TPSA) is 78.4 Å². The SMILES string of the molecule is C[S@@](=O)CC(=O)NCc1ccc(NC[C@@](O)(c2cc(C(F)(F)F)cc(C(F)(F)F)c2)C(F)(F)F)cc1C(F)(F)F. The average Bonchev–Trinajstić information content (AvgIpc) is 2.78. The lowest BCUT2D eigenvalue weighted by molar-refractivity contribution is -0.261. The predicted molar refractivity (Wildman–Crippen MR) is 117 cm³/mol. The molecule has 40 heavy (non-hydrogen) atoms. The molecule has 1 amide bonds. The van der Waals surface area contributed by atoms with Crippen molar-refractivity contribution >= 4 is 22.4 Å². The molecule has 0 saturated carbocycles. The molecule has 2 aromatic rings. The smallest absolute Gasteiger partial charge is 0.381 e. The van der Waals surface area contributed by atoms with Crippen LogP contribution in [0.1, 0.15) is 27.8 Å². The van der Waals surface area contributed by atoms with Gasteiger partial charge in [-0.15, -0.1) is 0 Å². The number of hydrogen-bond donors (Lipinski definition) is 3. The Balaban J connectivity index is 2.50. The molecule has 224 valence electrons. The molecule has 0 saturated heterocycles. The molecule has 0 bridgehead atoms. The van der Waals surface area contributed by atoms with Crippen LogP contribution in [0.2, 0.25) is 0 Å². The first kappa shape index (κ1) is 33.2. The molecule has 0 aliphatic heterocycles. The Hall–Kier alpha value is -3.02. The first-order chi connectivity index (χ1) is 17.9. The third-order valence-corrected chi connectivity index (χ3v) is 5.98. The second-order valence-corrected chi connectivity index (χ2v) is 9.81. The Morgan fingerprint density at radius 3 is 1.73 bits per heavy atom. The fourth-order valence-electron chi connectivity index (χ4n) is 3.32. The highest BCUT2D eigenvalue weighted by Crippen LogP contribution is 2.44. The molecule has 0 unspecified atom stereocenters. The number of amides is 1. The fraction of sp³-hybridized carbons (Fsp3) is 0.409. The second kappa shape index (κ2) is 11.5. The molecular formula is C22H18F12N2O3S. The Morgan fingerprint density at radius 2 is 1.30 bits per heavy atom. The molecule has 0 fully saturated rings. The lowest BCUT2D eigenvalue weighted by atomic mass is 9.89. The molecule has 2 rings (SSSR count). The minimum absolute atomic E-state index is 0.267. The van der Waals surface area contributed by atoms with Crippen molar-refractivity contribution in [3.63, 3.8) is 0 Å². The van der Waals surface area contributed by atoms with E-state index in [1.807, 2.05) is 0 Å². The number of anilines is 1. The van der Waals surface area contributed by atoms with Crippen molar-refractivity contribution < 1.29 is 66.8 Å². The highest BCUT2D eigenvalue weighted by Gasteiger charge is 2.56. The van der Waals surface area contributed by atoms with E-state index in [9.17, 15) is 66.8 Å². The summed E-state index contributed by atoms with van der Waals surface area (Å²) in [7, 11) is -1.61. The van der Waals surface area contributed by atoms with E-state index in [2.05, 4.69) is 5.32 Å². The number of hydrogen-bond acceptors (Lipinski definition) is 4. The van der Waals surface area contributed by atoms with Gasteiger partial charge in [0.1, 0.15) is 5.75 Å². The Morgan fingerprint density at radius 1 is 0.800 bits per heavy atom. The van der Waals surface area contributed by atoms with Crippen molar-refractivity contribution in [2.24, 2.45) is 0 Å². The van der Waals surface area contributed by atoms with Crippen LogP contribution in [0.3, 0.4) is 0 Å². The van der Waals surface area contributed by atoms with Crippen LogP contribution in [0.25, 0.3) is 0 Å². The lowest BCUT2D eigenvalue weighted by Gasteiger charge is -2.32. The van der Waals surface area contributed by atoms with Crippen LogP contribution >= 0.6 is 0 Å². The number of aliphatic hydroxyl groups is 1. The number of nitrogens with one attached hydrogen (secondary N) is 2. The maximum absolute atomic E-state index is 13.9. The number of carbonyl (C=O) groups excluding carboxylic acids is 1. The van der Waals surface area contributed by atoms with Gasteiger partial charge in [-0.2, -0.15) is 52.7 Å². The monoisotopic (exact) mass is 618 g/mol. The van der Waals surface area contributed by atoms with Gasteiger partial charge >= 0.3 is 24.7 Å². The summed E-state index contributed by atoms with van der Waals surface area (Å²) in [6.45, 7) is -2.62. The zero-order valence-electron chi connectivity index (χ0n) is 19.8. The third kappa shape index (κ3) is 8.25. The molecule has 0 spiro atoms. The Bertz CT molecular complexity index is 1220. The molecule has 0 aliphatic rings. The van der Waals surface area contributed by atoms with Crippen LogP contribution in [-0.2, 0) is 46.3 Å². The number of benzene rings is 2. The minimum Gasteiger partial charge on any atom is -0.381 e. The summed E-state index contributed by atoms with van der Waals surface area (Å²) >= 11 is 0. The van der Waals surface area contributed by atoms with Crippen LogP contribution < -0.4 is 10.6 Å². The standard InChI is InChI=1S/C22H18F12N2O3S/c1-40(39)9-17(37)35-8-11-2-3-15(7-16(11)21(29,30)31)36-10-18(38,22(32,33)34)12-4-13(19(23,24)25)6-14(5-12)20(26,27)28/h2-7,36,38H,8-10H2,1H3,(H,35,37)/t18-,40-/m1/s1. The van der Waals surface area contributed by atoms with Crippen molar-refractivity contribution in [3.05, 3.63) is 64.2 Å². The maximum atomic E-state index is 13.9. The summed E-state index contributed by atoms with van der Waals surface area (Å²) in [6, 6.07) is 0.621. The molecule has 0 heterocycles. The van der Waals surface area contributed by atoms with Crippen LogP contribution in [0.4, 0.5) is 58.4 Å². The molecule has 0 aromatic heterocycles. The van der Waals surface area contributed by atoms with Crippen LogP contribution in [-0.4, -0.2) is 40.0 Å². The quantitative estimate of drug-likeness (QED) is 0.337. The molecule has 5 nitrogen and oxygen atoms in total. The van der Waals surface area contributed by atoms with Gasteiger partial charge in [0.15, 0.2) is 0 Å². The summed E-state index contributed by atoms with van der Waals surface area (Å²) in [5, 5.41) is 14.2. The second-order valence-electron chi connectivity index (χ2n) is 8.37. The van der Waals surface area contributed by atoms with Gasteiger partial charge < -0.3 is 15.7 Å². The molecular weight excluding hydrogens is 600 g/mol. The predicted octanol–water partition coefficient (Wildman–Crippen LogP) is 5.60. The lowest BCUT2D eigenvalue weighted by Crippen LogP contribution is -2.48. The highest BCUT2D eigenvalue weighted by atomic mass is 32.2. The third-order valence-electron chi connectivity index (χ3n) is 5.31. The van der Waals surface area contributed by atoms with Gasteiger partial charge in [0, 0.05) is 29.3 Å².